The second kappa shape index (κ2) is 4.37. The molecular weight excluding hydrogens is 226 g/mol. The van der Waals surface area contributed by atoms with Crippen LogP contribution in [-0.4, -0.2) is 10.2 Å². The Morgan fingerprint density at radius 2 is 2.00 bits per heavy atom. The monoisotopic (exact) mass is 235 g/mol. The number of nitrogen functional groups attached to an aromatic ring is 1. The lowest BCUT2D eigenvalue weighted by Crippen LogP contribution is -1.95. The maximum atomic E-state index is 5.96. The summed E-state index contributed by atoms with van der Waals surface area (Å²) in [7, 11) is 0. The van der Waals surface area contributed by atoms with Crippen molar-refractivity contribution in [2.75, 3.05) is 5.73 Å². The van der Waals surface area contributed by atoms with Gasteiger partial charge in [-0.05, 0) is 25.1 Å². The highest BCUT2D eigenvalue weighted by molar-refractivity contribution is 6.32. The van der Waals surface area contributed by atoms with Crippen LogP contribution in [0.2, 0.25) is 5.02 Å². The van der Waals surface area contributed by atoms with Crippen molar-refractivity contribution >= 4 is 17.3 Å². The normalized spacial score (nSPS) is 10.1. The lowest BCUT2D eigenvalue weighted by molar-refractivity contribution is 0.457. The third-order valence-electron chi connectivity index (χ3n) is 1.98. The molecule has 2 rings (SSSR count). The Hall–Kier alpha value is -1.81. The van der Waals surface area contributed by atoms with Crippen LogP contribution < -0.4 is 10.5 Å². The van der Waals surface area contributed by atoms with E-state index in [1.165, 1.54) is 0 Å². The van der Waals surface area contributed by atoms with E-state index < -0.39 is 0 Å². The first-order valence-corrected chi connectivity index (χ1v) is 5.07. The van der Waals surface area contributed by atoms with E-state index >= 15 is 0 Å². The predicted octanol–water partition coefficient (Wildman–Crippen LogP) is 2.81. The van der Waals surface area contributed by atoms with Crippen LogP contribution in [-0.2, 0) is 0 Å². The van der Waals surface area contributed by atoms with Gasteiger partial charge < -0.3 is 10.5 Å². The fourth-order valence-electron chi connectivity index (χ4n) is 1.18. The number of hydrogen-bond donors (Lipinski definition) is 1. The molecule has 4 nitrogen and oxygen atoms in total. The van der Waals surface area contributed by atoms with Crippen molar-refractivity contribution in [1.29, 1.82) is 0 Å². The predicted molar refractivity (Wildman–Crippen MR) is 62.7 cm³/mol. The van der Waals surface area contributed by atoms with E-state index in [2.05, 4.69) is 10.2 Å². The third kappa shape index (κ3) is 2.23. The van der Waals surface area contributed by atoms with E-state index in [1.807, 2.05) is 6.92 Å². The van der Waals surface area contributed by atoms with Gasteiger partial charge in [-0.2, -0.15) is 5.10 Å². The molecule has 16 heavy (non-hydrogen) atoms. The Morgan fingerprint density at radius 3 is 2.62 bits per heavy atom. The van der Waals surface area contributed by atoms with E-state index in [0.717, 1.165) is 5.69 Å². The SMILES string of the molecule is Cc1ccc(Oc2c(N)cccc2Cl)nn1. The first-order chi connectivity index (χ1) is 7.66. The molecule has 0 spiro atoms. The maximum absolute atomic E-state index is 5.96. The number of benzene rings is 1. The summed E-state index contributed by atoms with van der Waals surface area (Å²) in [4.78, 5) is 0. The molecule has 0 aliphatic rings. The van der Waals surface area contributed by atoms with Crippen LogP contribution in [0.15, 0.2) is 30.3 Å². The van der Waals surface area contributed by atoms with Gasteiger partial charge in [-0.25, -0.2) is 0 Å². The number of ether oxygens (including phenoxy) is 1. The summed E-state index contributed by atoms with van der Waals surface area (Å²) in [6, 6.07) is 8.68. The highest BCUT2D eigenvalue weighted by Crippen LogP contribution is 2.33. The van der Waals surface area contributed by atoms with E-state index in [0.29, 0.717) is 22.3 Å². The van der Waals surface area contributed by atoms with E-state index in [1.54, 1.807) is 30.3 Å². The zero-order valence-electron chi connectivity index (χ0n) is 8.64. The van der Waals surface area contributed by atoms with Crippen molar-refractivity contribution in [1.82, 2.24) is 10.2 Å². The van der Waals surface area contributed by atoms with Gasteiger partial charge in [0.2, 0.25) is 5.88 Å². The van der Waals surface area contributed by atoms with Gasteiger partial charge in [-0.1, -0.05) is 17.7 Å². The summed E-state index contributed by atoms with van der Waals surface area (Å²) >= 11 is 5.96. The number of rotatable bonds is 2. The largest absolute Gasteiger partial charge is 0.434 e. The topological polar surface area (TPSA) is 61.0 Å². The quantitative estimate of drug-likeness (QED) is 0.813. The Kier molecular flexibility index (Phi) is 2.92. The number of nitrogens with two attached hydrogens (primary N) is 1. The highest BCUT2D eigenvalue weighted by atomic mass is 35.5. The zero-order chi connectivity index (χ0) is 11.5. The zero-order valence-corrected chi connectivity index (χ0v) is 9.40. The molecule has 0 atom stereocenters. The van der Waals surface area contributed by atoms with Crippen LogP contribution in [0, 0.1) is 6.92 Å². The van der Waals surface area contributed by atoms with Crippen molar-refractivity contribution in [3.05, 3.63) is 41.0 Å². The van der Waals surface area contributed by atoms with Gasteiger partial charge in [0.1, 0.15) is 0 Å². The first-order valence-electron chi connectivity index (χ1n) is 4.69. The summed E-state index contributed by atoms with van der Waals surface area (Å²) < 4.78 is 5.46. The molecule has 2 N–H and O–H groups in total. The molecule has 0 amide bonds. The summed E-state index contributed by atoms with van der Waals surface area (Å²) in [5.74, 6) is 0.771. The fourth-order valence-corrected chi connectivity index (χ4v) is 1.40. The minimum absolute atomic E-state index is 0.366. The highest BCUT2D eigenvalue weighted by Gasteiger charge is 2.07. The molecule has 2 aromatic rings. The molecule has 0 aliphatic heterocycles. The van der Waals surface area contributed by atoms with Crippen molar-refractivity contribution < 1.29 is 4.74 Å². The molecule has 0 unspecified atom stereocenters. The Labute approximate surface area is 98.0 Å². The summed E-state index contributed by atoms with van der Waals surface area (Å²) in [5, 5.41) is 8.19. The molecule has 82 valence electrons. The number of para-hydroxylation sites is 1. The minimum atomic E-state index is 0.366. The van der Waals surface area contributed by atoms with Crippen molar-refractivity contribution in [3.8, 4) is 11.6 Å². The lowest BCUT2D eigenvalue weighted by Gasteiger charge is -2.08. The number of halogens is 1. The third-order valence-corrected chi connectivity index (χ3v) is 2.28. The van der Waals surface area contributed by atoms with Gasteiger partial charge in [-0.15, -0.1) is 5.10 Å². The Balaban J connectivity index is 2.30. The summed E-state index contributed by atoms with van der Waals surface area (Å²) in [6.07, 6.45) is 0. The van der Waals surface area contributed by atoms with Gasteiger partial charge in [0.15, 0.2) is 5.75 Å². The molecule has 0 aliphatic carbocycles. The van der Waals surface area contributed by atoms with Crippen LogP contribution in [0.3, 0.4) is 0 Å². The number of aryl methyl sites for hydroxylation is 1. The van der Waals surface area contributed by atoms with E-state index in [-0.39, 0.29) is 0 Å². The number of nitrogens with zero attached hydrogens (tertiary/aromatic N) is 2. The van der Waals surface area contributed by atoms with Crippen molar-refractivity contribution in [2.24, 2.45) is 0 Å². The van der Waals surface area contributed by atoms with Crippen LogP contribution in [0.25, 0.3) is 0 Å². The maximum Gasteiger partial charge on any atom is 0.239 e. The molecule has 0 radical (unpaired) electrons. The standard InChI is InChI=1S/C11H10ClN3O/c1-7-5-6-10(15-14-7)16-11-8(12)3-2-4-9(11)13/h2-6H,13H2,1H3. The number of anilines is 1. The molecule has 0 saturated carbocycles. The van der Waals surface area contributed by atoms with Crippen molar-refractivity contribution in [3.63, 3.8) is 0 Å². The van der Waals surface area contributed by atoms with Crippen LogP contribution in [0.1, 0.15) is 5.69 Å². The second-order valence-corrected chi connectivity index (χ2v) is 3.68. The van der Waals surface area contributed by atoms with Gasteiger partial charge >= 0.3 is 0 Å². The molecule has 1 heterocycles. The van der Waals surface area contributed by atoms with Crippen LogP contribution in [0.4, 0.5) is 5.69 Å². The van der Waals surface area contributed by atoms with E-state index in [9.17, 15) is 0 Å². The average molecular weight is 236 g/mol. The minimum Gasteiger partial charge on any atom is -0.434 e. The van der Waals surface area contributed by atoms with Crippen LogP contribution in [0.5, 0.6) is 11.6 Å². The van der Waals surface area contributed by atoms with Crippen molar-refractivity contribution in [2.45, 2.75) is 6.92 Å². The number of aromatic nitrogens is 2. The average Bonchev–Trinajstić information content (AvgIpc) is 2.26. The fraction of sp³-hybridized carbons (Fsp3) is 0.0909. The van der Waals surface area contributed by atoms with E-state index in [4.69, 9.17) is 22.1 Å². The summed E-state index contributed by atoms with van der Waals surface area (Å²) in [6.45, 7) is 1.85. The molecule has 5 heteroatoms. The van der Waals surface area contributed by atoms with Gasteiger partial charge in [-0.3, -0.25) is 0 Å². The van der Waals surface area contributed by atoms with Gasteiger partial charge in [0.25, 0.3) is 0 Å². The van der Waals surface area contributed by atoms with Gasteiger partial charge in [0.05, 0.1) is 16.4 Å². The first kappa shape index (κ1) is 10.7. The molecular formula is C11H10ClN3O. The Bertz CT molecular complexity index is 479. The lowest BCUT2D eigenvalue weighted by atomic mass is 10.3. The summed E-state index contributed by atoms with van der Waals surface area (Å²) in [5.41, 5.74) is 7.03. The molecule has 1 aromatic heterocycles. The Morgan fingerprint density at radius 1 is 1.19 bits per heavy atom. The molecule has 0 bridgehead atoms. The number of hydrogen-bond acceptors (Lipinski definition) is 4. The van der Waals surface area contributed by atoms with Crippen LogP contribution >= 0.6 is 11.6 Å². The smallest absolute Gasteiger partial charge is 0.239 e. The van der Waals surface area contributed by atoms with Gasteiger partial charge in [0, 0.05) is 6.07 Å². The molecule has 0 saturated heterocycles. The molecule has 0 fully saturated rings. The molecule has 1 aromatic carbocycles. The second-order valence-electron chi connectivity index (χ2n) is 3.27.